The van der Waals surface area contributed by atoms with Gasteiger partial charge in [0.2, 0.25) is 0 Å². The van der Waals surface area contributed by atoms with E-state index in [0.717, 1.165) is 29.9 Å². The molecule has 3 aromatic heterocycles. The Hall–Kier alpha value is -1.88. The van der Waals surface area contributed by atoms with Crippen molar-refractivity contribution in [3.8, 4) is 0 Å². The van der Waals surface area contributed by atoms with Crippen molar-refractivity contribution < 1.29 is 0 Å². The van der Waals surface area contributed by atoms with E-state index in [-0.39, 0.29) is 0 Å². The summed E-state index contributed by atoms with van der Waals surface area (Å²) < 4.78 is 2.24. The summed E-state index contributed by atoms with van der Waals surface area (Å²) in [6.07, 6.45) is 7.00. The van der Waals surface area contributed by atoms with E-state index in [2.05, 4.69) is 37.7 Å². The third-order valence-electron chi connectivity index (χ3n) is 4.28. The average molecular weight is 255 g/mol. The van der Waals surface area contributed by atoms with Crippen molar-refractivity contribution in [2.75, 3.05) is 13.1 Å². The molecule has 0 saturated carbocycles. The number of aromatic nitrogens is 4. The molecule has 1 saturated heterocycles. The van der Waals surface area contributed by atoms with Crippen LogP contribution in [0, 0.1) is 5.92 Å². The lowest BCUT2D eigenvalue weighted by Gasteiger charge is -2.29. The Morgan fingerprint density at radius 3 is 3.16 bits per heavy atom. The lowest BCUT2D eigenvalue weighted by molar-refractivity contribution is 0.342. The molecule has 0 spiro atoms. The molecule has 19 heavy (non-hydrogen) atoms. The Morgan fingerprint density at radius 1 is 1.32 bits per heavy atom. The van der Waals surface area contributed by atoms with Crippen LogP contribution >= 0.6 is 0 Å². The van der Waals surface area contributed by atoms with Crippen LogP contribution in [0.3, 0.4) is 0 Å². The Bertz CT molecular complexity index is 726. The summed E-state index contributed by atoms with van der Waals surface area (Å²) in [6, 6.07) is 2.07. The number of piperidine rings is 1. The van der Waals surface area contributed by atoms with Gasteiger partial charge < -0.3 is 10.3 Å². The summed E-state index contributed by atoms with van der Waals surface area (Å²) >= 11 is 0. The van der Waals surface area contributed by atoms with Crippen LogP contribution in [0.4, 0.5) is 0 Å². The predicted molar refractivity (Wildman–Crippen MR) is 74.2 cm³/mol. The molecular weight excluding hydrogens is 238 g/mol. The van der Waals surface area contributed by atoms with Gasteiger partial charge in [-0.2, -0.15) is 0 Å². The first-order valence-electron chi connectivity index (χ1n) is 6.85. The van der Waals surface area contributed by atoms with E-state index >= 15 is 0 Å². The number of nitrogens with zero attached hydrogens (tertiary/aromatic N) is 3. The molecule has 2 atom stereocenters. The fourth-order valence-electron chi connectivity index (χ4n) is 3.14. The highest BCUT2D eigenvalue weighted by molar-refractivity contribution is 5.74. The SMILES string of the molecule is CC1CCNCC1c1cnc2cnc3[nH]ccc3n12. The third-order valence-corrected chi connectivity index (χ3v) is 4.28. The van der Waals surface area contributed by atoms with Crippen LogP contribution in [0.2, 0.25) is 0 Å². The zero-order chi connectivity index (χ0) is 12.8. The van der Waals surface area contributed by atoms with E-state index in [1.165, 1.54) is 12.1 Å². The van der Waals surface area contributed by atoms with Crippen molar-refractivity contribution in [1.82, 2.24) is 24.7 Å². The molecule has 3 aromatic rings. The van der Waals surface area contributed by atoms with Crippen LogP contribution < -0.4 is 5.32 Å². The lowest BCUT2D eigenvalue weighted by Crippen LogP contribution is -2.34. The van der Waals surface area contributed by atoms with Gasteiger partial charge in [0.25, 0.3) is 0 Å². The molecule has 4 heterocycles. The maximum Gasteiger partial charge on any atom is 0.156 e. The summed E-state index contributed by atoms with van der Waals surface area (Å²) in [5.74, 6) is 1.20. The largest absolute Gasteiger partial charge is 0.345 e. The minimum atomic E-state index is 0.518. The molecule has 2 N–H and O–H groups in total. The maximum atomic E-state index is 4.52. The number of hydrogen-bond donors (Lipinski definition) is 2. The Morgan fingerprint density at radius 2 is 2.26 bits per heavy atom. The smallest absolute Gasteiger partial charge is 0.156 e. The summed E-state index contributed by atoms with van der Waals surface area (Å²) in [6.45, 7) is 4.49. The van der Waals surface area contributed by atoms with Gasteiger partial charge >= 0.3 is 0 Å². The summed E-state index contributed by atoms with van der Waals surface area (Å²) in [4.78, 5) is 12.1. The lowest BCUT2D eigenvalue weighted by atomic mass is 9.86. The second kappa shape index (κ2) is 4.06. The van der Waals surface area contributed by atoms with Gasteiger partial charge in [0, 0.05) is 30.6 Å². The highest BCUT2D eigenvalue weighted by Crippen LogP contribution is 2.30. The van der Waals surface area contributed by atoms with Gasteiger partial charge in [0.05, 0.1) is 11.7 Å². The van der Waals surface area contributed by atoms with Crippen molar-refractivity contribution in [3.63, 3.8) is 0 Å². The fraction of sp³-hybridized carbons (Fsp3) is 0.429. The molecule has 1 aliphatic heterocycles. The molecule has 4 rings (SSSR count). The Kier molecular flexibility index (Phi) is 2.35. The number of H-pyrrole nitrogens is 1. The second-order valence-corrected chi connectivity index (χ2v) is 5.42. The summed E-state index contributed by atoms with van der Waals surface area (Å²) in [5, 5.41) is 3.50. The van der Waals surface area contributed by atoms with Crippen LogP contribution in [0.25, 0.3) is 16.8 Å². The highest BCUT2D eigenvalue weighted by atomic mass is 15.1. The van der Waals surface area contributed by atoms with Gasteiger partial charge in [-0.1, -0.05) is 6.92 Å². The van der Waals surface area contributed by atoms with Crippen LogP contribution in [0.5, 0.6) is 0 Å². The molecular formula is C14H17N5. The van der Waals surface area contributed by atoms with Crippen LogP contribution in [0.15, 0.2) is 24.7 Å². The van der Waals surface area contributed by atoms with Gasteiger partial charge in [-0.05, 0) is 24.9 Å². The normalized spacial score (nSPS) is 24.3. The molecule has 2 unspecified atom stereocenters. The van der Waals surface area contributed by atoms with E-state index in [0.29, 0.717) is 11.8 Å². The number of nitrogens with one attached hydrogen (secondary N) is 2. The molecule has 5 nitrogen and oxygen atoms in total. The van der Waals surface area contributed by atoms with E-state index in [9.17, 15) is 0 Å². The maximum absolute atomic E-state index is 4.52. The van der Waals surface area contributed by atoms with E-state index < -0.39 is 0 Å². The standard InChI is InChI=1S/C14H17N5/c1-9-2-4-15-6-10(9)12-7-17-13-8-18-14-11(19(12)13)3-5-16-14/h3,5,7-10,15-16H,2,4,6H2,1H3. The van der Waals surface area contributed by atoms with Crippen molar-refractivity contribution in [1.29, 1.82) is 0 Å². The van der Waals surface area contributed by atoms with Gasteiger partial charge in [-0.3, -0.25) is 4.40 Å². The molecule has 0 bridgehead atoms. The van der Waals surface area contributed by atoms with E-state index in [1.807, 2.05) is 18.6 Å². The molecule has 1 aliphatic rings. The monoisotopic (exact) mass is 255 g/mol. The second-order valence-electron chi connectivity index (χ2n) is 5.42. The van der Waals surface area contributed by atoms with E-state index in [4.69, 9.17) is 0 Å². The zero-order valence-electron chi connectivity index (χ0n) is 10.9. The first-order chi connectivity index (χ1) is 9.34. The van der Waals surface area contributed by atoms with E-state index in [1.54, 1.807) is 0 Å². The third kappa shape index (κ3) is 1.58. The Balaban J connectivity index is 1.96. The van der Waals surface area contributed by atoms with Crippen LogP contribution in [-0.4, -0.2) is 32.4 Å². The number of hydrogen-bond acceptors (Lipinski definition) is 3. The first-order valence-corrected chi connectivity index (χ1v) is 6.85. The van der Waals surface area contributed by atoms with Crippen molar-refractivity contribution in [2.24, 2.45) is 5.92 Å². The zero-order valence-corrected chi connectivity index (χ0v) is 10.9. The summed E-state index contributed by atoms with van der Waals surface area (Å²) in [5.41, 5.74) is 4.26. The number of rotatable bonds is 1. The number of fused-ring (bicyclic) bond motifs is 3. The molecule has 0 amide bonds. The quantitative estimate of drug-likeness (QED) is 0.698. The molecule has 98 valence electrons. The molecule has 0 radical (unpaired) electrons. The van der Waals surface area contributed by atoms with Crippen molar-refractivity contribution in [2.45, 2.75) is 19.3 Å². The highest BCUT2D eigenvalue weighted by Gasteiger charge is 2.26. The molecule has 5 heteroatoms. The van der Waals surface area contributed by atoms with Crippen LogP contribution in [-0.2, 0) is 0 Å². The number of aromatic amines is 1. The average Bonchev–Trinajstić information content (AvgIpc) is 3.04. The number of imidazole rings is 1. The minimum Gasteiger partial charge on any atom is -0.345 e. The predicted octanol–water partition coefficient (Wildman–Crippen LogP) is 1.92. The van der Waals surface area contributed by atoms with Crippen molar-refractivity contribution >= 4 is 16.8 Å². The van der Waals surface area contributed by atoms with Gasteiger partial charge in [0.15, 0.2) is 11.3 Å². The van der Waals surface area contributed by atoms with Crippen LogP contribution in [0.1, 0.15) is 25.0 Å². The van der Waals surface area contributed by atoms with Gasteiger partial charge in [-0.25, -0.2) is 9.97 Å². The molecule has 0 aliphatic carbocycles. The Labute approximate surface area is 111 Å². The van der Waals surface area contributed by atoms with Gasteiger partial charge in [-0.15, -0.1) is 0 Å². The van der Waals surface area contributed by atoms with Crippen molar-refractivity contribution in [3.05, 3.63) is 30.4 Å². The first kappa shape index (κ1) is 11.0. The topological polar surface area (TPSA) is 58.0 Å². The molecule has 1 fully saturated rings. The fourth-order valence-corrected chi connectivity index (χ4v) is 3.14. The molecule has 0 aromatic carbocycles. The van der Waals surface area contributed by atoms with Gasteiger partial charge in [0.1, 0.15) is 0 Å². The summed E-state index contributed by atoms with van der Waals surface area (Å²) in [7, 11) is 0. The minimum absolute atomic E-state index is 0.518.